The Hall–Kier alpha value is -6.12. The van der Waals surface area contributed by atoms with Gasteiger partial charge in [0.2, 0.25) is 0 Å². The van der Waals surface area contributed by atoms with Crippen LogP contribution in [0.3, 0.4) is 0 Å². The zero-order chi connectivity index (χ0) is 32.7. The Morgan fingerprint density at radius 2 is 0.980 bits per heavy atom. The molecule has 0 radical (unpaired) electrons. The van der Waals surface area contributed by atoms with Crippen LogP contribution in [-0.4, -0.2) is 4.57 Å². The molecule has 2 heteroatoms. The van der Waals surface area contributed by atoms with E-state index in [0.29, 0.717) is 0 Å². The molecule has 8 aromatic carbocycles. The number of benzene rings is 8. The van der Waals surface area contributed by atoms with Gasteiger partial charge in [-0.3, -0.25) is 0 Å². The molecule has 49 heavy (non-hydrogen) atoms. The van der Waals surface area contributed by atoms with Crippen molar-refractivity contribution in [1.29, 1.82) is 0 Å². The van der Waals surface area contributed by atoms with Crippen molar-refractivity contribution in [3.8, 4) is 16.8 Å². The highest BCUT2D eigenvalue weighted by Crippen LogP contribution is 2.54. The van der Waals surface area contributed by atoms with E-state index in [4.69, 9.17) is 0 Å². The van der Waals surface area contributed by atoms with Crippen molar-refractivity contribution < 1.29 is 0 Å². The van der Waals surface area contributed by atoms with Crippen molar-refractivity contribution >= 4 is 60.4 Å². The average Bonchev–Trinajstić information content (AvgIpc) is 3.59. The van der Waals surface area contributed by atoms with Crippen LogP contribution in [0.4, 0.5) is 17.1 Å². The molecule has 10 rings (SSSR count). The summed E-state index contributed by atoms with van der Waals surface area (Å²) in [5, 5.41) is 7.65. The van der Waals surface area contributed by atoms with Crippen LogP contribution < -0.4 is 4.90 Å². The van der Waals surface area contributed by atoms with E-state index in [-0.39, 0.29) is 5.41 Å². The summed E-state index contributed by atoms with van der Waals surface area (Å²) in [5.41, 5.74) is 12.4. The van der Waals surface area contributed by atoms with Gasteiger partial charge < -0.3 is 9.47 Å². The van der Waals surface area contributed by atoms with Crippen molar-refractivity contribution in [3.63, 3.8) is 0 Å². The lowest BCUT2D eigenvalue weighted by Gasteiger charge is -2.26. The minimum atomic E-state index is -0.190. The highest BCUT2D eigenvalue weighted by Gasteiger charge is 2.38. The van der Waals surface area contributed by atoms with Crippen LogP contribution >= 0.6 is 0 Å². The molecule has 0 saturated carbocycles. The molecule has 1 aliphatic rings. The van der Waals surface area contributed by atoms with E-state index < -0.39 is 0 Å². The van der Waals surface area contributed by atoms with Crippen LogP contribution in [-0.2, 0) is 5.41 Å². The van der Waals surface area contributed by atoms with E-state index in [1.165, 1.54) is 71.3 Å². The first-order valence-electron chi connectivity index (χ1n) is 17.1. The average molecular weight is 627 g/mol. The van der Waals surface area contributed by atoms with Crippen molar-refractivity contribution in [2.24, 2.45) is 0 Å². The highest BCUT2D eigenvalue weighted by atomic mass is 15.1. The highest BCUT2D eigenvalue weighted by molar-refractivity contribution is 6.13. The van der Waals surface area contributed by atoms with E-state index >= 15 is 0 Å². The van der Waals surface area contributed by atoms with Crippen molar-refractivity contribution in [1.82, 2.24) is 4.57 Å². The van der Waals surface area contributed by atoms with Crippen LogP contribution in [0.2, 0.25) is 0 Å². The summed E-state index contributed by atoms with van der Waals surface area (Å²) in [6.07, 6.45) is 0. The number of nitrogens with zero attached hydrogens (tertiary/aromatic N) is 2. The summed E-state index contributed by atoms with van der Waals surface area (Å²) in [7, 11) is 0. The van der Waals surface area contributed by atoms with E-state index in [0.717, 1.165) is 17.1 Å². The summed E-state index contributed by atoms with van der Waals surface area (Å²) in [5.74, 6) is 0. The first kappa shape index (κ1) is 27.9. The van der Waals surface area contributed by atoms with Gasteiger partial charge in [-0.25, -0.2) is 0 Å². The quantitative estimate of drug-likeness (QED) is 0.189. The molecule has 0 saturated heterocycles. The number of hydrogen-bond acceptors (Lipinski definition) is 1. The maximum Gasteiger partial charge on any atom is 0.0544 e. The number of hydrogen-bond donors (Lipinski definition) is 0. The molecule has 0 spiro atoms. The predicted octanol–water partition coefficient (Wildman–Crippen LogP) is 12.9. The van der Waals surface area contributed by atoms with Gasteiger partial charge in [0, 0.05) is 38.6 Å². The van der Waals surface area contributed by atoms with Gasteiger partial charge in [-0.1, -0.05) is 117 Å². The fourth-order valence-electron chi connectivity index (χ4n) is 8.40. The SMILES string of the molecule is CC1(C)c2cc3cc(N(c4ccccc4)c4ccccc4)ccc3cc2-c2c1cc(-n1c3ccccc3c3ccccc31)c1ccccc21. The number of fused-ring (bicyclic) bond motifs is 9. The minimum Gasteiger partial charge on any atom is -0.310 e. The van der Waals surface area contributed by atoms with E-state index in [2.05, 4.69) is 193 Å². The molecule has 0 bridgehead atoms. The minimum absolute atomic E-state index is 0.190. The van der Waals surface area contributed by atoms with Gasteiger partial charge >= 0.3 is 0 Å². The zero-order valence-corrected chi connectivity index (χ0v) is 27.6. The van der Waals surface area contributed by atoms with Gasteiger partial charge in [-0.2, -0.15) is 0 Å². The molecule has 0 fully saturated rings. The first-order chi connectivity index (χ1) is 24.1. The monoisotopic (exact) mass is 626 g/mol. The molecule has 0 atom stereocenters. The predicted molar refractivity (Wildman–Crippen MR) is 208 cm³/mol. The van der Waals surface area contributed by atoms with Crippen LogP contribution in [0.1, 0.15) is 25.0 Å². The van der Waals surface area contributed by atoms with Crippen molar-refractivity contribution in [2.75, 3.05) is 4.90 Å². The number of rotatable bonds is 4. The van der Waals surface area contributed by atoms with E-state index in [1.807, 2.05) is 0 Å². The smallest absolute Gasteiger partial charge is 0.0544 e. The number of aromatic nitrogens is 1. The molecule has 232 valence electrons. The van der Waals surface area contributed by atoms with Gasteiger partial charge in [0.25, 0.3) is 0 Å². The molecular formula is C47H34N2. The second-order valence-corrected chi connectivity index (χ2v) is 13.8. The number of anilines is 3. The normalized spacial score (nSPS) is 13.3. The topological polar surface area (TPSA) is 8.17 Å². The lowest BCUT2D eigenvalue weighted by Crippen LogP contribution is -2.15. The third-order valence-corrected chi connectivity index (χ3v) is 10.7. The van der Waals surface area contributed by atoms with Gasteiger partial charge in [-0.05, 0) is 105 Å². The van der Waals surface area contributed by atoms with E-state index in [9.17, 15) is 0 Å². The summed E-state index contributed by atoms with van der Waals surface area (Å²) in [6.45, 7) is 4.80. The second-order valence-electron chi connectivity index (χ2n) is 13.8. The summed E-state index contributed by atoms with van der Waals surface area (Å²) in [6, 6.07) is 62.2. The lowest BCUT2D eigenvalue weighted by molar-refractivity contribution is 0.661. The largest absolute Gasteiger partial charge is 0.310 e. The van der Waals surface area contributed by atoms with Gasteiger partial charge in [-0.15, -0.1) is 0 Å². The Labute approximate surface area is 286 Å². The molecule has 2 nitrogen and oxygen atoms in total. The molecule has 1 aromatic heterocycles. The lowest BCUT2D eigenvalue weighted by atomic mass is 9.81. The fourth-order valence-corrected chi connectivity index (χ4v) is 8.40. The Balaban J connectivity index is 1.20. The van der Waals surface area contributed by atoms with Gasteiger partial charge in [0.15, 0.2) is 0 Å². The Morgan fingerprint density at radius 1 is 0.429 bits per heavy atom. The third kappa shape index (κ3) is 4.07. The maximum atomic E-state index is 2.49. The molecule has 1 aliphatic carbocycles. The van der Waals surface area contributed by atoms with Crippen LogP contribution in [0.5, 0.6) is 0 Å². The fraction of sp³-hybridized carbons (Fsp3) is 0.0638. The third-order valence-electron chi connectivity index (χ3n) is 10.7. The molecule has 9 aromatic rings. The Bertz CT molecular complexity index is 2640. The van der Waals surface area contributed by atoms with Crippen molar-refractivity contribution in [2.45, 2.75) is 19.3 Å². The van der Waals surface area contributed by atoms with Gasteiger partial charge in [0.1, 0.15) is 0 Å². The van der Waals surface area contributed by atoms with Crippen LogP contribution in [0.15, 0.2) is 170 Å². The standard InChI is InChI=1S/C47H34N2/c1-47(2)41-29-32-27-35(48(33-15-5-3-6-16-33)34-17-7-4-8-18-34)26-25-31(32)28-40(41)46-39-22-10-9-21-38(39)45(30-42(46)47)49-43-23-13-11-19-36(43)37-20-12-14-24-44(37)49/h3-30H,1-2H3. The summed E-state index contributed by atoms with van der Waals surface area (Å²) in [4.78, 5) is 2.35. The van der Waals surface area contributed by atoms with Crippen molar-refractivity contribution in [3.05, 3.63) is 181 Å². The molecule has 0 aliphatic heterocycles. The zero-order valence-electron chi connectivity index (χ0n) is 27.6. The molecule has 0 amide bonds. The molecule has 0 unspecified atom stereocenters. The van der Waals surface area contributed by atoms with E-state index in [1.54, 1.807) is 0 Å². The van der Waals surface area contributed by atoms with Crippen LogP contribution in [0, 0.1) is 0 Å². The number of para-hydroxylation sites is 4. The summed E-state index contributed by atoms with van der Waals surface area (Å²) < 4.78 is 2.48. The maximum absolute atomic E-state index is 2.49. The second kappa shape index (κ2) is 10.4. The summed E-state index contributed by atoms with van der Waals surface area (Å²) >= 11 is 0. The van der Waals surface area contributed by atoms with Crippen LogP contribution in [0.25, 0.3) is 60.2 Å². The molecule has 1 heterocycles. The Morgan fingerprint density at radius 3 is 1.61 bits per heavy atom. The molecule has 0 N–H and O–H groups in total. The van der Waals surface area contributed by atoms with Gasteiger partial charge in [0.05, 0.1) is 16.7 Å². The first-order valence-corrected chi connectivity index (χ1v) is 17.1. The molecular weight excluding hydrogens is 593 g/mol. The Kier molecular flexibility index (Phi) is 5.95.